The molecular weight excluding hydrogens is 440 g/mol. The summed E-state index contributed by atoms with van der Waals surface area (Å²) in [4.78, 5) is 29.9. The third-order valence-electron chi connectivity index (χ3n) is 6.18. The molecular formula is C29H32N2O4. The zero-order valence-corrected chi connectivity index (χ0v) is 20.7. The Labute approximate surface area is 206 Å². The van der Waals surface area contributed by atoms with Crippen LogP contribution in [0, 0.1) is 6.92 Å². The Balaban J connectivity index is 1.44. The zero-order valence-electron chi connectivity index (χ0n) is 20.7. The number of carbonyl (C=O) groups is 2. The average Bonchev–Trinajstić information content (AvgIpc) is 3.14. The van der Waals surface area contributed by atoms with Crippen LogP contribution in [0.25, 0.3) is 11.1 Å². The number of nitrogens with one attached hydrogen (secondary N) is 1. The SMILES string of the molecule is Cc1ccncc1CCC(NC(=O)OCC1c2ccccc2-c2ccccc21)C(=O)OC(C)(C)C. The Kier molecular flexibility index (Phi) is 7.20. The van der Waals surface area contributed by atoms with Crippen LogP contribution < -0.4 is 5.32 Å². The van der Waals surface area contributed by atoms with E-state index in [1.807, 2.05) is 37.3 Å². The predicted molar refractivity (Wildman–Crippen MR) is 135 cm³/mol. The van der Waals surface area contributed by atoms with E-state index in [0.29, 0.717) is 12.8 Å². The van der Waals surface area contributed by atoms with Gasteiger partial charge in [-0.2, -0.15) is 0 Å². The van der Waals surface area contributed by atoms with E-state index in [1.165, 1.54) is 0 Å². The molecule has 0 spiro atoms. The molecule has 1 aromatic heterocycles. The number of aromatic nitrogens is 1. The number of esters is 1. The van der Waals surface area contributed by atoms with E-state index in [1.54, 1.807) is 33.2 Å². The summed E-state index contributed by atoms with van der Waals surface area (Å²) in [7, 11) is 0. The highest BCUT2D eigenvalue weighted by atomic mass is 16.6. The Morgan fingerprint density at radius 2 is 1.63 bits per heavy atom. The minimum absolute atomic E-state index is 0.0498. The molecule has 0 bridgehead atoms. The molecule has 1 heterocycles. The highest BCUT2D eigenvalue weighted by molar-refractivity contribution is 5.82. The van der Waals surface area contributed by atoms with Gasteiger partial charge in [-0.3, -0.25) is 4.98 Å². The maximum atomic E-state index is 12.9. The van der Waals surface area contributed by atoms with Crippen LogP contribution in [0.2, 0.25) is 0 Å². The van der Waals surface area contributed by atoms with Gasteiger partial charge in [-0.1, -0.05) is 48.5 Å². The number of alkyl carbamates (subject to hydrolysis) is 1. The highest BCUT2D eigenvalue weighted by Crippen LogP contribution is 2.44. The molecule has 1 N–H and O–H groups in total. The van der Waals surface area contributed by atoms with Crippen LogP contribution in [0.5, 0.6) is 0 Å². The second kappa shape index (κ2) is 10.3. The number of rotatable bonds is 7. The van der Waals surface area contributed by atoms with Gasteiger partial charge in [-0.15, -0.1) is 0 Å². The monoisotopic (exact) mass is 472 g/mol. The van der Waals surface area contributed by atoms with Crippen molar-refractivity contribution >= 4 is 12.1 Å². The van der Waals surface area contributed by atoms with Crippen molar-refractivity contribution in [2.24, 2.45) is 0 Å². The van der Waals surface area contributed by atoms with Crippen LogP contribution in [0.4, 0.5) is 4.79 Å². The largest absolute Gasteiger partial charge is 0.458 e. The summed E-state index contributed by atoms with van der Waals surface area (Å²) < 4.78 is 11.2. The minimum atomic E-state index is -0.829. The van der Waals surface area contributed by atoms with Gasteiger partial charge in [0.1, 0.15) is 18.2 Å². The number of carbonyl (C=O) groups excluding carboxylic acids is 2. The molecule has 1 aliphatic rings. The lowest BCUT2D eigenvalue weighted by atomic mass is 9.98. The van der Waals surface area contributed by atoms with Gasteiger partial charge in [0.15, 0.2) is 0 Å². The van der Waals surface area contributed by atoms with Crippen molar-refractivity contribution < 1.29 is 19.1 Å². The first-order valence-electron chi connectivity index (χ1n) is 12.0. The summed E-state index contributed by atoms with van der Waals surface area (Å²) in [6.45, 7) is 7.60. The van der Waals surface area contributed by atoms with Gasteiger partial charge in [0.2, 0.25) is 0 Å². The van der Waals surface area contributed by atoms with Crippen molar-refractivity contribution in [1.82, 2.24) is 10.3 Å². The molecule has 6 nitrogen and oxygen atoms in total. The Morgan fingerprint density at radius 1 is 1.00 bits per heavy atom. The quantitative estimate of drug-likeness (QED) is 0.455. The number of nitrogens with zero attached hydrogens (tertiary/aromatic N) is 1. The number of benzene rings is 2. The van der Waals surface area contributed by atoms with Gasteiger partial charge in [0.25, 0.3) is 0 Å². The van der Waals surface area contributed by atoms with Crippen molar-refractivity contribution in [1.29, 1.82) is 0 Å². The molecule has 0 saturated heterocycles. The topological polar surface area (TPSA) is 77.5 Å². The number of hydrogen-bond donors (Lipinski definition) is 1. The standard InChI is InChI=1S/C29H32N2O4/c1-19-15-16-30-17-20(19)13-14-26(27(32)35-29(2,3)4)31-28(33)34-18-25-23-11-7-5-9-21(23)22-10-6-8-12-24(22)25/h5-12,15-17,25-26H,13-14,18H2,1-4H3,(H,31,33). The second-order valence-corrected chi connectivity index (χ2v) is 9.90. The number of pyridine rings is 1. The number of amides is 1. The van der Waals surface area contributed by atoms with E-state index < -0.39 is 23.7 Å². The van der Waals surface area contributed by atoms with E-state index in [-0.39, 0.29) is 12.5 Å². The molecule has 1 amide bonds. The summed E-state index contributed by atoms with van der Waals surface area (Å²) in [5.74, 6) is -0.529. The van der Waals surface area contributed by atoms with Crippen molar-refractivity contribution in [3.05, 3.63) is 89.2 Å². The minimum Gasteiger partial charge on any atom is -0.458 e. The molecule has 35 heavy (non-hydrogen) atoms. The maximum absolute atomic E-state index is 12.9. The summed E-state index contributed by atoms with van der Waals surface area (Å²) in [5, 5.41) is 2.74. The van der Waals surface area contributed by atoms with Crippen molar-refractivity contribution in [2.45, 2.75) is 58.1 Å². The van der Waals surface area contributed by atoms with Crippen LogP contribution in [0.15, 0.2) is 67.0 Å². The van der Waals surface area contributed by atoms with E-state index in [4.69, 9.17) is 9.47 Å². The van der Waals surface area contributed by atoms with Gasteiger partial charge in [0.05, 0.1) is 0 Å². The lowest BCUT2D eigenvalue weighted by Crippen LogP contribution is -2.45. The Morgan fingerprint density at radius 3 is 2.23 bits per heavy atom. The normalized spacial score (nSPS) is 13.5. The average molecular weight is 473 g/mol. The first kappa shape index (κ1) is 24.5. The van der Waals surface area contributed by atoms with Crippen LogP contribution in [-0.4, -0.2) is 35.3 Å². The van der Waals surface area contributed by atoms with Crippen LogP contribution >= 0.6 is 0 Å². The smallest absolute Gasteiger partial charge is 0.407 e. The van der Waals surface area contributed by atoms with E-state index >= 15 is 0 Å². The third-order valence-corrected chi connectivity index (χ3v) is 6.18. The molecule has 0 saturated carbocycles. The molecule has 182 valence electrons. The molecule has 4 rings (SSSR count). The van der Waals surface area contributed by atoms with E-state index in [0.717, 1.165) is 33.4 Å². The molecule has 1 atom stereocenters. The first-order valence-corrected chi connectivity index (χ1v) is 12.0. The molecule has 6 heteroatoms. The van der Waals surface area contributed by atoms with Gasteiger partial charge in [-0.05, 0) is 80.0 Å². The van der Waals surface area contributed by atoms with Crippen molar-refractivity contribution in [3.63, 3.8) is 0 Å². The Hall–Kier alpha value is -3.67. The molecule has 0 fully saturated rings. The summed E-state index contributed by atoms with van der Waals surface area (Å²) in [6, 6.07) is 17.4. The molecule has 1 unspecified atom stereocenters. The summed E-state index contributed by atoms with van der Waals surface area (Å²) in [6.07, 6.45) is 3.85. The lowest BCUT2D eigenvalue weighted by molar-refractivity contribution is -0.157. The van der Waals surface area contributed by atoms with Gasteiger partial charge in [-0.25, -0.2) is 9.59 Å². The van der Waals surface area contributed by atoms with Crippen LogP contribution in [-0.2, 0) is 20.7 Å². The third kappa shape index (κ3) is 5.88. The molecule has 0 radical (unpaired) electrons. The van der Waals surface area contributed by atoms with Crippen molar-refractivity contribution in [2.75, 3.05) is 6.61 Å². The molecule has 0 aliphatic heterocycles. The van der Waals surface area contributed by atoms with Crippen LogP contribution in [0.3, 0.4) is 0 Å². The maximum Gasteiger partial charge on any atom is 0.407 e. The highest BCUT2D eigenvalue weighted by Gasteiger charge is 2.31. The Bertz CT molecular complexity index is 1170. The summed E-state index contributed by atoms with van der Waals surface area (Å²) in [5.41, 5.74) is 6.04. The molecule has 3 aromatic rings. The number of fused-ring (bicyclic) bond motifs is 3. The van der Waals surface area contributed by atoms with Gasteiger partial charge >= 0.3 is 12.1 Å². The van der Waals surface area contributed by atoms with Crippen molar-refractivity contribution in [3.8, 4) is 11.1 Å². The molecule has 1 aliphatic carbocycles. The second-order valence-electron chi connectivity index (χ2n) is 9.90. The van der Waals surface area contributed by atoms with E-state index in [2.05, 4.69) is 34.6 Å². The number of ether oxygens (including phenoxy) is 2. The molecule has 2 aromatic carbocycles. The van der Waals surface area contributed by atoms with E-state index in [9.17, 15) is 9.59 Å². The summed E-state index contributed by atoms with van der Waals surface area (Å²) >= 11 is 0. The fraction of sp³-hybridized carbons (Fsp3) is 0.345. The lowest BCUT2D eigenvalue weighted by Gasteiger charge is -2.25. The number of aryl methyl sites for hydroxylation is 2. The van der Waals surface area contributed by atoms with Gasteiger partial charge < -0.3 is 14.8 Å². The number of hydrogen-bond acceptors (Lipinski definition) is 5. The van der Waals surface area contributed by atoms with Crippen LogP contribution in [0.1, 0.15) is 55.4 Å². The van der Waals surface area contributed by atoms with Gasteiger partial charge in [0, 0.05) is 18.3 Å². The predicted octanol–water partition coefficient (Wildman–Crippen LogP) is 5.57. The fourth-order valence-corrected chi connectivity index (χ4v) is 4.46. The first-order chi connectivity index (χ1) is 16.7. The zero-order chi connectivity index (χ0) is 25.0. The fourth-order valence-electron chi connectivity index (χ4n) is 4.46.